The highest BCUT2D eigenvalue weighted by atomic mass is 28.4. The first-order valence-electron chi connectivity index (χ1n) is 16.0. The molecule has 1 unspecified atom stereocenters. The number of nitrogens with one attached hydrogen (secondary N) is 1. The highest BCUT2D eigenvalue weighted by Crippen LogP contribution is 2.49. The molecule has 0 saturated carbocycles. The Labute approximate surface area is 265 Å². The van der Waals surface area contributed by atoms with Crippen molar-refractivity contribution in [2.75, 3.05) is 43.3 Å². The van der Waals surface area contributed by atoms with E-state index in [9.17, 15) is 9.90 Å². The van der Waals surface area contributed by atoms with E-state index in [0.717, 1.165) is 42.9 Å². The number of carbonyl (C=O) groups is 1. The summed E-state index contributed by atoms with van der Waals surface area (Å²) in [5.41, 5.74) is 2.54. The maximum atomic E-state index is 16.0. The maximum absolute atomic E-state index is 16.0. The Morgan fingerprint density at radius 1 is 1.18 bits per heavy atom. The van der Waals surface area contributed by atoms with Crippen LogP contribution in [0.3, 0.4) is 0 Å². The van der Waals surface area contributed by atoms with Gasteiger partial charge in [-0.2, -0.15) is 0 Å². The number of benzene rings is 2. The average Bonchev–Trinajstić information content (AvgIpc) is 3.59. The second-order valence-electron chi connectivity index (χ2n) is 13.1. The van der Waals surface area contributed by atoms with E-state index in [1.54, 1.807) is 24.9 Å². The molecule has 12 heteroatoms. The largest absolute Gasteiger partial charge is 0.490 e. The fraction of sp³-hybridized carbons (Fsp3) is 0.545. The van der Waals surface area contributed by atoms with Crippen LogP contribution in [0.4, 0.5) is 15.5 Å². The smallest absolute Gasteiger partial charge is 0.254 e. The Morgan fingerprint density at radius 3 is 2.62 bits per heavy atom. The van der Waals surface area contributed by atoms with Gasteiger partial charge in [0.2, 0.25) is 8.41 Å². The minimum atomic E-state index is -3.19. The predicted octanol–water partition coefficient (Wildman–Crippen LogP) is 4.47. The van der Waals surface area contributed by atoms with E-state index in [0.29, 0.717) is 37.5 Å². The van der Waals surface area contributed by atoms with Crippen molar-refractivity contribution in [2.24, 2.45) is 5.92 Å². The van der Waals surface area contributed by atoms with Gasteiger partial charge >= 0.3 is 0 Å². The van der Waals surface area contributed by atoms with Gasteiger partial charge < -0.3 is 28.9 Å². The van der Waals surface area contributed by atoms with E-state index in [-0.39, 0.29) is 36.2 Å². The molecule has 45 heavy (non-hydrogen) atoms. The van der Waals surface area contributed by atoms with Gasteiger partial charge in [-0.15, -0.1) is 5.10 Å². The Morgan fingerprint density at radius 2 is 1.93 bits per heavy atom. The normalized spacial score (nSPS) is 23.7. The Balaban J connectivity index is 1.27. The molecule has 242 valence electrons. The van der Waals surface area contributed by atoms with E-state index in [1.165, 1.54) is 0 Å². The van der Waals surface area contributed by atoms with Crippen LogP contribution >= 0.6 is 0 Å². The Hall–Kier alpha value is -3.32. The van der Waals surface area contributed by atoms with Gasteiger partial charge in [0.1, 0.15) is 17.4 Å². The lowest BCUT2D eigenvalue weighted by molar-refractivity contribution is -0.122. The number of amides is 1. The molecule has 4 heterocycles. The third-order valence-corrected chi connectivity index (χ3v) is 12.3. The third kappa shape index (κ3) is 6.00. The summed E-state index contributed by atoms with van der Waals surface area (Å²) < 4.78 is 30.5. The van der Waals surface area contributed by atoms with E-state index >= 15 is 4.11 Å². The molecule has 2 fully saturated rings. The average molecular weight is 637 g/mol. The topological polar surface area (TPSA) is 105 Å². The molecule has 2 aromatic carbocycles. The first kappa shape index (κ1) is 31.7. The SMILES string of the molecule is CO[C@H]1c2cc(N3CN(c4ccccc4)C4(CCNCC4)C3=O)ccc2O[C@@H](C(CCn2cc(CCO)nn2)[Si](C)(C)F)[C@@H]1C. The van der Waals surface area contributed by atoms with Crippen LogP contribution in [-0.4, -0.2) is 79.5 Å². The third-order valence-electron chi connectivity index (χ3n) is 9.97. The van der Waals surface area contributed by atoms with Crippen LogP contribution < -0.4 is 19.9 Å². The summed E-state index contributed by atoms with van der Waals surface area (Å²) >= 11 is 0. The van der Waals surface area contributed by atoms with Crippen molar-refractivity contribution in [1.29, 1.82) is 0 Å². The van der Waals surface area contributed by atoms with Crippen molar-refractivity contribution in [3.05, 3.63) is 66.0 Å². The van der Waals surface area contributed by atoms with Gasteiger partial charge in [-0.1, -0.05) is 30.3 Å². The standard InChI is InChI=1S/C33H45FN6O4Si/c1-23-30(43-2)27-20-26(39-22-40(25-8-6-5-7-9-25)33(32(39)42)14-16-35-17-15-33)10-11-28(27)44-31(23)29(45(3,4)34)12-18-38-21-24(13-19-41)36-37-38/h5-11,20-21,23,29-31,35,41H,12-19,22H2,1-4H3/t23-,29?,30-,31-/m1/s1. The number of fused-ring (bicyclic) bond motifs is 1. The molecule has 6 rings (SSSR count). The number of aliphatic hydroxyl groups is 1. The lowest BCUT2D eigenvalue weighted by Gasteiger charge is -2.43. The van der Waals surface area contributed by atoms with Crippen LogP contribution in [0.1, 0.15) is 43.5 Å². The quantitative estimate of drug-likeness (QED) is 0.248. The van der Waals surface area contributed by atoms with Gasteiger partial charge in [0.05, 0.1) is 18.5 Å². The number of halogens is 1. The molecule has 2 N–H and O–H groups in total. The summed E-state index contributed by atoms with van der Waals surface area (Å²) in [5, 5.41) is 20.9. The number of methoxy groups -OCH3 is 1. The monoisotopic (exact) mass is 636 g/mol. The summed E-state index contributed by atoms with van der Waals surface area (Å²) in [6.07, 6.45) is 3.57. The Kier molecular flexibility index (Phi) is 9.02. The lowest BCUT2D eigenvalue weighted by Crippen LogP contribution is -2.55. The molecule has 4 atom stereocenters. The summed E-state index contributed by atoms with van der Waals surface area (Å²) in [6, 6.07) is 16.1. The molecule has 2 saturated heterocycles. The lowest BCUT2D eigenvalue weighted by atomic mass is 9.85. The van der Waals surface area contributed by atoms with Crippen LogP contribution in [0.25, 0.3) is 0 Å². The van der Waals surface area contributed by atoms with Crippen molar-refractivity contribution < 1.29 is 23.5 Å². The number of nitrogens with zero attached hydrogens (tertiary/aromatic N) is 5. The van der Waals surface area contributed by atoms with E-state index < -0.39 is 13.9 Å². The van der Waals surface area contributed by atoms with Gasteiger partial charge in [0.25, 0.3) is 5.91 Å². The highest BCUT2D eigenvalue weighted by Gasteiger charge is 2.54. The van der Waals surface area contributed by atoms with E-state index in [1.807, 2.05) is 47.5 Å². The van der Waals surface area contributed by atoms with Crippen LogP contribution in [-0.2, 0) is 22.5 Å². The summed E-state index contributed by atoms with van der Waals surface area (Å²) in [5.74, 6) is 0.660. The zero-order valence-electron chi connectivity index (χ0n) is 26.7. The van der Waals surface area contributed by atoms with Crippen molar-refractivity contribution in [3.8, 4) is 5.75 Å². The fourth-order valence-corrected chi connectivity index (χ4v) is 9.52. The minimum Gasteiger partial charge on any atom is -0.490 e. The van der Waals surface area contributed by atoms with E-state index in [4.69, 9.17) is 9.47 Å². The van der Waals surface area contributed by atoms with E-state index in [2.05, 4.69) is 39.6 Å². The summed E-state index contributed by atoms with van der Waals surface area (Å²) in [7, 11) is -1.50. The summed E-state index contributed by atoms with van der Waals surface area (Å²) in [4.78, 5) is 18.4. The number of aromatic nitrogens is 3. The molecular formula is C33H45FN6O4Si. The number of hydrogen-bond donors (Lipinski definition) is 2. The van der Waals surface area contributed by atoms with Crippen molar-refractivity contribution in [1.82, 2.24) is 20.3 Å². The first-order chi connectivity index (χ1) is 21.7. The molecule has 1 aromatic heterocycles. The van der Waals surface area contributed by atoms with Crippen LogP contribution in [0.15, 0.2) is 54.7 Å². The number of piperidine rings is 1. The molecular weight excluding hydrogens is 591 g/mol. The zero-order valence-corrected chi connectivity index (χ0v) is 27.7. The fourth-order valence-electron chi connectivity index (χ4n) is 7.55. The maximum Gasteiger partial charge on any atom is 0.254 e. The number of ether oxygens (including phenoxy) is 2. The predicted molar refractivity (Wildman–Crippen MR) is 174 cm³/mol. The van der Waals surface area contributed by atoms with Gasteiger partial charge in [-0.05, 0) is 75.8 Å². The number of para-hydroxylation sites is 1. The second kappa shape index (κ2) is 12.8. The van der Waals surface area contributed by atoms with Gasteiger partial charge in [-0.3, -0.25) is 14.4 Å². The van der Waals surface area contributed by atoms with Crippen LogP contribution in [0.5, 0.6) is 5.75 Å². The van der Waals surface area contributed by atoms with Gasteiger partial charge in [-0.25, -0.2) is 0 Å². The van der Waals surface area contributed by atoms with Crippen LogP contribution in [0, 0.1) is 5.92 Å². The number of carbonyl (C=O) groups excluding carboxylic acids is 1. The van der Waals surface area contributed by atoms with Crippen molar-refractivity contribution in [2.45, 2.75) is 75.5 Å². The van der Waals surface area contributed by atoms with Gasteiger partial charge in [0.15, 0.2) is 0 Å². The molecule has 3 aliphatic rings. The molecule has 0 bridgehead atoms. The molecule has 10 nitrogen and oxygen atoms in total. The second-order valence-corrected chi connectivity index (χ2v) is 17.0. The zero-order chi connectivity index (χ0) is 31.8. The Bertz CT molecular complexity index is 1480. The first-order valence-corrected chi connectivity index (χ1v) is 19.0. The molecule has 3 aromatic rings. The number of anilines is 2. The molecule has 0 radical (unpaired) electrons. The number of aliphatic hydroxyl groups excluding tert-OH is 1. The molecule has 3 aliphatic heterocycles. The van der Waals surface area contributed by atoms with Crippen molar-refractivity contribution in [3.63, 3.8) is 0 Å². The molecule has 1 amide bonds. The summed E-state index contributed by atoms with van der Waals surface area (Å²) in [6.45, 7) is 8.11. The van der Waals surface area contributed by atoms with Gasteiger partial charge in [0, 0.05) is 61.3 Å². The number of hydrogen-bond acceptors (Lipinski definition) is 8. The van der Waals surface area contributed by atoms with Crippen molar-refractivity contribution >= 4 is 25.7 Å². The van der Waals surface area contributed by atoms with Crippen LogP contribution in [0.2, 0.25) is 18.6 Å². The highest BCUT2D eigenvalue weighted by molar-refractivity contribution is 6.72. The number of rotatable bonds is 10. The molecule has 0 aliphatic carbocycles. The minimum absolute atomic E-state index is 0.00819. The molecule has 1 spiro atoms. The number of aryl methyl sites for hydroxylation is 1.